The van der Waals surface area contributed by atoms with E-state index in [9.17, 15) is 10.2 Å². The van der Waals surface area contributed by atoms with Gasteiger partial charge in [-0.05, 0) is 12.8 Å². The summed E-state index contributed by atoms with van der Waals surface area (Å²) in [6.45, 7) is 9.79. The highest BCUT2D eigenvalue weighted by atomic mass is 16.5. The van der Waals surface area contributed by atoms with Crippen LogP contribution in [0.25, 0.3) is 0 Å². The van der Waals surface area contributed by atoms with Crippen molar-refractivity contribution >= 4 is 0 Å². The van der Waals surface area contributed by atoms with Gasteiger partial charge in [0.1, 0.15) is 0 Å². The molecule has 0 aliphatic carbocycles. The number of aliphatic hydroxyl groups is 2. The Labute approximate surface area is 156 Å². The van der Waals surface area contributed by atoms with E-state index in [1.807, 2.05) is 0 Å². The second-order valence-corrected chi connectivity index (χ2v) is 6.99. The molecule has 0 spiro atoms. The van der Waals surface area contributed by atoms with Crippen LogP contribution in [0, 0.1) is 0 Å². The molecule has 0 aromatic heterocycles. The molecule has 154 valence electrons. The van der Waals surface area contributed by atoms with Crippen molar-refractivity contribution in [3.05, 3.63) is 0 Å². The Hall–Kier alpha value is -0.320. The number of aliphatic hydroxyl groups excluding tert-OH is 2. The minimum Gasteiger partial charge on any atom is -0.389 e. The van der Waals surface area contributed by atoms with Crippen LogP contribution in [0.2, 0.25) is 0 Å². The first-order valence-corrected chi connectivity index (χ1v) is 9.86. The molecule has 0 aromatic carbocycles. The molecule has 2 heterocycles. The number of morpholine rings is 2. The molecule has 8 heteroatoms. The first-order valence-electron chi connectivity index (χ1n) is 9.86. The van der Waals surface area contributed by atoms with Crippen molar-refractivity contribution in [1.82, 2.24) is 9.80 Å². The molecule has 0 radical (unpaired) electrons. The maximum absolute atomic E-state index is 9.97. The van der Waals surface area contributed by atoms with Gasteiger partial charge in [-0.3, -0.25) is 9.80 Å². The molecule has 2 aliphatic rings. The SMILES string of the molecule is OC(COCCCCOCC(O)CN1CCOCC1)CN1CCOCC1. The van der Waals surface area contributed by atoms with Crippen LogP contribution in [0.3, 0.4) is 0 Å². The summed E-state index contributed by atoms with van der Waals surface area (Å²) in [7, 11) is 0. The van der Waals surface area contributed by atoms with Gasteiger partial charge in [-0.1, -0.05) is 0 Å². The molecule has 2 fully saturated rings. The van der Waals surface area contributed by atoms with Crippen molar-refractivity contribution in [2.75, 3.05) is 92.1 Å². The largest absolute Gasteiger partial charge is 0.389 e. The number of rotatable bonds is 13. The minimum absolute atomic E-state index is 0.372. The molecule has 2 unspecified atom stereocenters. The Bertz CT molecular complexity index is 306. The van der Waals surface area contributed by atoms with Gasteiger partial charge in [0.05, 0.1) is 51.8 Å². The van der Waals surface area contributed by atoms with Crippen LogP contribution in [0.5, 0.6) is 0 Å². The Morgan fingerprint density at radius 3 is 1.46 bits per heavy atom. The van der Waals surface area contributed by atoms with E-state index in [1.165, 1.54) is 0 Å². The maximum Gasteiger partial charge on any atom is 0.0900 e. The van der Waals surface area contributed by atoms with Gasteiger partial charge in [-0.25, -0.2) is 0 Å². The second-order valence-electron chi connectivity index (χ2n) is 6.99. The van der Waals surface area contributed by atoms with E-state index in [1.54, 1.807) is 0 Å². The van der Waals surface area contributed by atoms with Crippen LogP contribution in [-0.2, 0) is 18.9 Å². The smallest absolute Gasteiger partial charge is 0.0900 e. The van der Waals surface area contributed by atoms with Crippen LogP contribution >= 0.6 is 0 Å². The molecule has 2 saturated heterocycles. The fraction of sp³-hybridized carbons (Fsp3) is 1.00. The van der Waals surface area contributed by atoms with E-state index in [0.29, 0.717) is 39.5 Å². The molecule has 0 aromatic rings. The predicted octanol–water partition coefficient (Wildman–Crippen LogP) is -0.814. The van der Waals surface area contributed by atoms with Crippen LogP contribution < -0.4 is 0 Å². The van der Waals surface area contributed by atoms with Crippen LogP contribution in [0.4, 0.5) is 0 Å². The normalized spacial score (nSPS) is 22.4. The fourth-order valence-electron chi connectivity index (χ4n) is 3.12. The third-order valence-corrected chi connectivity index (χ3v) is 4.59. The molecular weight excluding hydrogens is 340 g/mol. The van der Waals surface area contributed by atoms with E-state index in [-0.39, 0.29) is 0 Å². The van der Waals surface area contributed by atoms with Crippen molar-refractivity contribution in [3.8, 4) is 0 Å². The third-order valence-electron chi connectivity index (χ3n) is 4.59. The van der Waals surface area contributed by atoms with Gasteiger partial charge in [-0.2, -0.15) is 0 Å². The van der Waals surface area contributed by atoms with Crippen molar-refractivity contribution in [2.24, 2.45) is 0 Å². The first kappa shape index (κ1) is 22.0. The van der Waals surface area contributed by atoms with Gasteiger partial charge in [0, 0.05) is 52.5 Å². The molecule has 2 aliphatic heterocycles. The van der Waals surface area contributed by atoms with Gasteiger partial charge < -0.3 is 29.2 Å². The Kier molecular flexibility index (Phi) is 11.7. The van der Waals surface area contributed by atoms with Crippen molar-refractivity contribution in [1.29, 1.82) is 0 Å². The number of unbranched alkanes of at least 4 members (excludes halogenated alkanes) is 1. The molecule has 0 bridgehead atoms. The lowest BCUT2D eigenvalue weighted by Crippen LogP contribution is -2.42. The van der Waals surface area contributed by atoms with Gasteiger partial charge in [0.2, 0.25) is 0 Å². The van der Waals surface area contributed by atoms with Crippen molar-refractivity contribution < 1.29 is 29.2 Å². The van der Waals surface area contributed by atoms with E-state index in [4.69, 9.17) is 18.9 Å². The Balaban J connectivity index is 1.35. The summed E-state index contributed by atoms with van der Waals surface area (Å²) in [6, 6.07) is 0. The summed E-state index contributed by atoms with van der Waals surface area (Å²) in [4.78, 5) is 4.40. The standard InChI is InChI=1S/C18H36N2O6/c21-17(13-19-3-9-23-10-4-19)15-25-7-1-2-8-26-16-18(22)14-20-5-11-24-12-6-20/h17-18,21-22H,1-16H2. The number of nitrogens with zero attached hydrogens (tertiary/aromatic N) is 2. The van der Waals surface area contributed by atoms with Crippen LogP contribution in [0.15, 0.2) is 0 Å². The number of hydrogen-bond donors (Lipinski definition) is 2. The summed E-state index contributed by atoms with van der Waals surface area (Å²) in [5.74, 6) is 0. The highest BCUT2D eigenvalue weighted by molar-refractivity contribution is 4.68. The molecule has 26 heavy (non-hydrogen) atoms. The van der Waals surface area contributed by atoms with Gasteiger partial charge in [0.15, 0.2) is 0 Å². The van der Waals surface area contributed by atoms with Gasteiger partial charge in [-0.15, -0.1) is 0 Å². The van der Waals surface area contributed by atoms with E-state index >= 15 is 0 Å². The van der Waals surface area contributed by atoms with E-state index in [2.05, 4.69) is 9.80 Å². The lowest BCUT2D eigenvalue weighted by atomic mass is 10.3. The second kappa shape index (κ2) is 13.8. The molecule has 0 saturated carbocycles. The van der Waals surface area contributed by atoms with Crippen LogP contribution in [0.1, 0.15) is 12.8 Å². The molecule has 8 nitrogen and oxygen atoms in total. The van der Waals surface area contributed by atoms with Gasteiger partial charge >= 0.3 is 0 Å². The molecule has 0 amide bonds. The molecule has 2 rings (SSSR count). The summed E-state index contributed by atoms with van der Waals surface area (Å²) < 4.78 is 21.6. The average molecular weight is 376 g/mol. The van der Waals surface area contributed by atoms with E-state index < -0.39 is 12.2 Å². The highest BCUT2D eigenvalue weighted by Gasteiger charge is 2.15. The zero-order valence-corrected chi connectivity index (χ0v) is 15.9. The van der Waals surface area contributed by atoms with Gasteiger partial charge in [0.25, 0.3) is 0 Å². The lowest BCUT2D eigenvalue weighted by molar-refractivity contribution is -0.0202. The number of β-amino-alcohol motifs (C(OH)–C–C–N with tert-alkyl or cyclic N) is 2. The molecule has 2 N–H and O–H groups in total. The highest BCUT2D eigenvalue weighted by Crippen LogP contribution is 2.01. The Morgan fingerprint density at radius 2 is 1.08 bits per heavy atom. The summed E-state index contributed by atoms with van der Waals surface area (Å²) >= 11 is 0. The summed E-state index contributed by atoms with van der Waals surface area (Å²) in [5, 5.41) is 19.9. The topological polar surface area (TPSA) is 83.9 Å². The quantitative estimate of drug-likeness (QED) is 0.404. The lowest BCUT2D eigenvalue weighted by Gasteiger charge is -2.28. The van der Waals surface area contributed by atoms with Crippen LogP contribution in [-0.4, -0.2) is 124 Å². The number of ether oxygens (including phenoxy) is 4. The molecular formula is C18H36N2O6. The summed E-state index contributed by atoms with van der Waals surface area (Å²) in [5.41, 5.74) is 0. The average Bonchev–Trinajstić information content (AvgIpc) is 2.65. The minimum atomic E-state index is -0.445. The zero-order chi connectivity index (χ0) is 18.5. The third kappa shape index (κ3) is 10.1. The summed E-state index contributed by atoms with van der Waals surface area (Å²) in [6.07, 6.45) is 0.896. The molecule has 2 atom stereocenters. The van der Waals surface area contributed by atoms with E-state index in [0.717, 1.165) is 65.4 Å². The first-order chi connectivity index (χ1) is 12.7. The Morgan fingerprint density at radius 1 is 0.692 bits per heavy atom. The predicted molar refractivity (Wildman–Crippen MR) is 97.4 cm³/mol. The monoisotopic (exact) mass is 376 g/mol. The van der Waals surface area contributed by atoms with Crippen molar-refractivity contribution in [2.45, 2.75) is 25.0 Å². The maximum atomic E-state index is 9.97. The zero-order valence-electron chi connectivity index (χ0n) is 15.9. The van der Waals surface area contributed by atoms with Crippen molar-refractivity contribution in [3.63, 3.8) is 0 Å². The fourth-order valence-corrected chi connectivity index (χ4v) is 3.12. The number of hydrogen-bond acceptors (Lipinski definition) is 8.